The molecule has 0 unspecified atom stereocenters. The van der Waals surface area contributed by atoms with E-state index in [-0.39, 0.29) is 10.8 Å². The Morgan fingerprint density at radius 1 is 1.03 bits per heavy atom. The zero-order chi connectivity index (χ0) is 23.4. The van der Waals surface area contributed by atoms with Gasteiger partial charge in [0.25, 0.3) is 15.9 Å². The number of carbonyl (C=O) groups is 1. The fourth-order valence-corrected chi connectivity index (χ4v) is 5.51. The van der Waals surface area contributed by atoms with E-state index < -0.39 is 10.0 Å². The summed E-state index contributed by atoms with van der Waals surface area (Å²) in [6.45, 7) is 3.15. The largest absolute Gasteiger partial charge is 0.492 e. The number of ether oxygens (including phenoxy) is 1. The number of rotatable bonds is 7. The topological polar surface area (TPSA) is 66.9 Å². The maximum Gasteiger partial charge on any atom is 0.264 e. The van der Waals surface area contributed by atoms with E-state index in [1.54, 1.807) is 25.2 Å². The molecule has 0 spiro atoms. The van der Waals surface area contributed by atoms with Crippen LogP contribution in [0.15, 0.2) is 77.7 Å². The van der Waals surface area contributed by atoms with E-state index in [1.165, 1.54) is 15.3 Å². The normalized spacial score (nSPS) is 13.3. The monoisotopic (exact) mass is 464 g/mol. The molecule has 172 valence electrons. The predicted octanol–water partition coefficient (Wildman–Crippen LogP) is 4.29. The molecule has 0 fully saturated rings. The quantitative estimate of drug-likeness (QED) is 0.523. The van der Waals surface area contributed by atoms with Crippen LogP contribution in [0.25, 0.3) is 0 Å². The minimum atomic E-state index is -3.78. The third kappa shape index (κ3) is 5.03. The average molecular weight is 465 g/mol. The fraction of sp³-hybridized carbons (Fsp3) is 0.269. The van der Waals surface area contributed by atoms with Crippen molar-refractivity contribution >= 4 is 21.6 Å². The van der Waals surface area contributed by atoms with Gasteiger partial charge in [-0.1, -0.05) is 42.0 Å². The lowest BCUT2D eigenvalue weighted by atomic mass is 10.0. The second-order valence-electron chi connectivity index (χ2n) is 8.23. The van der Waals surface area contributed by atoms with Crippen LogP contribution >= 0.6 is 0 Å². The number of fused-ring (bicyclic) bond motifs is 1. The van der Waals surface area contributed by atoms with Crippen LogP contribution in [0.3, 0.4) is 0 Å². The Kier molecular flexibility index (Phi) is 6.70. The van der Waals surface area contributed by atoms with Gasteiger partial charge in [0, 0.05) is 19.2 Å². The lowest BCUT2D eigenvalue weighted by molar-refractivity contribution is 0.0773. The van der Waals surface area contributed by atoms with Crippen LogP contribution in [0.4, 0.5) is 5.69 Å². The van der Waals surface area contributed by atoms with Gasteiger partial charge in [-0.25, -0.2) is 8.42 Å². The van der Waals surface area contributed by atoms with Crippen molar-refractivity contribution in [2.45, 2.75) is 24.7 Å². The maximum atomic E-state index is 13.4. The summed E-state index contributed by atoms with van der Waals surface area (Å²) in [6, 6.07) is 21.6. The third-order valence-electron chi connectivity index (χ3n) is 5.80. The predicted molar refractivity (Wildman–Crippen MR) is 129 cm³/mol. The van der Waals surface area contributed by atoms with Gasteiger partial charge in [0.1, 0.15) is 12.4 Å². The highest BCUT2D eigenvalue weighted by Crippen LogP contribution is 2.32. The van der Waals surface area contributed by atoms with Gasteiger partial charge >= 0.3 is 0 Å². The first kappa shape index (κ1) is 22.9. The lowest BCUT2D eigenvalue weighted by Gasteiger charge is -2.30. The van der Waals surface area contributed by atoms with Crippen LogP contribution in [0.5, 0.6) is 5.75 Å². The fourth-order valence-electron chi connectivity index (χ4n) is 3.92. The number of hydrogen-bond acceptors (Lipinski definition) is 4. The summed E-state index contributed by atoms with van der Waals surface area (Å²) in [5, 5.41) is 0. The molecule has 33 heavy (non-hydrogen) atoms. The summed E-state index contributed by atoms with van der Waals surface area (Å²) in [5.41, 5.74) is 3.22. The van der Waals surface area contributed by atoms with Gasteiger partial charge in [0.2, 0.25) is 0 Å². The summed E-state index contributed by atoms with van der Waals surface area (Å²) in [5.74, 6) is 0.495. The minimum absolute atomic E-state index is 0.120. The number of sulfonamides is 1. The van der Waals surface area contributed by atoms with E-state index in [1.807, 2.05) is 55.5 Å². The van der Waals surface area contributed by atoms with E-state index in [2.05, 4.69) is 0 Å². The molecule has 3 aromatic rings. The minimum Gasteiger partial charge on any atom is -0.492 e. The third-order valence-corrected chi connectivity index (χ3v) is 7.61. The number of hydrogen-bond donors (Lipinski definition) is 0. The second-order valence-corrected chi connectivity index (χ2v) is 10.1. The summed E-state index contributed by atoms with van der Waals surface area (Å²) >= 11 is 0. The first-order valence-electron chi connectivity index (χ1n) is 11.0. The number of nitrogens with zero attached hydrogens (tertiary/aromatic N) is 2. The van der Waals surface area contributed by atoms with Crippen molar-refractivity contribution in [1.82, 2.24) is 4.90 Å². The Hall–Kier alpha value is -3.32. The Labute approximate surface area is 195 Å². The molecule has 3 aromatic carbocycles. The lowest BCUT2D eigenvalue weighted by Crippen LogP contribution is -2.35. The Balaban J connectivity index is 1.47. The van der Waals surface area contributed by atoms with Crippen molar-refractivity contribution in [1.29, 1.82) is 0 Å². The van der Waals surface area contributed by atoms with Gasteiger partial charge in [0.15, 0.2) is 0 Å². The molecule has 7 heteroatoms. The Bertz CT molecular complexity index is 1240. The first-order valence-corrected chi connectivity index (χ1v) is 12.5. The van der Waals surface area contributed by atoms with E-state index in [9.17, 15) is 13.2 Å². The van der Waals surface area contributed by atoms with Crippen LogP contribution < -0.4 is 9.04 Å². The van der Waals surface area contributed by atoms with Crippen LogP contribution in [0, 0.1) is 6.92 Å². The zero-order valence-corrected chi connectivity index (χ0v) is 19.7. The molecule has 0 aromatic heterocycles. The number of carbonyl (C=O) groups excluding carboxylic acids is 1. The molecule has 0 radical (unpaired) electrons. The molecular weight excluding hydrogens is 436 g/mol. The molecule has 1 aliphatic heterocycles. The maximum absolute atomic E-state index is 13.4. The van der Waals surface area contributed by atoms with Crippen molar-refractivity contribution < 1.29 is 17.9 Å². The standard InChI is InChI=1S/C26H28N2O4S/c1-20-12-14-23(15-13-20)32-18-17-27(2)26(29)22-8-5-10-24(19-22)33(30,31)28-16-6-9-21-7-3-4-11-25(21)28/h3-5,7-8,10-15,19H,6,9,16-18H2,1-2H3. The first-order chi connectivity index (χ1) is 15.9. The summed E-state index contributed by atoms with van der Waals surface area (Å²) in [4.78, 5) is 14.6. The van der Waals surface area contributed by atoms with Crippen LogP contribution in [0.1, 0.15) is 27.9 Å². The highest BCUT2D eigenvalue weighted by atomic mass is 32.2. The Morgan fingerprint density at radius 2 is 1.79 bits per heavy atom. The van der Waals surface area contributed by atoms with Crippen molar-refractivity contribution in [3.63, 3.8) is 0 Å². The number of para-hydroxylation sites is 1. The average Bonchev–Trinajstić information content (AvgIpc) is 2.84. The van der Waals surface area contributed by atoms with Crippen molar-refractivity contribution in [3.8, 4) is 5.75 Å². The molecule has 1 aliphatic rings. The van der Waals surface area contributed by atoms with Crippen molar-refractivity contribution in [2.75, 3.05) is 31.0 Å². The van der Waals surface area contributed by atoms with E-state index >= 15 is 0 Å². The van der Waals surface area contributed by atoms with E-state index in [0.29, 0.717) is 30.9 Å². The van der Waals surface area contributed by atoms with Gasteiger partial charge in [-0.15, -0.1) is 0 Å². The number of aryl methyl sites for hydroxylation is 2. The molecule has 1 heterocycles. The SMILES string of the molecule is Cc1ccc(OCCN(C)C(=O)c2cccc(S(=O)(=O)N3CCCc4ccccc43)c2)cc1. The zero-order valence-electron chi connectivity index (χ0n) is 18.9. The molecule has 4 rings (SSSR count). The molecule has 0 saturated heterocycles. The van der Waals surface area contributed by atoms with Gasteiger partial charge < -0.3 is 9.64 Å². The molecule has 0 aliphatic carbocycles. The van der Waals surface area contributed by atoms with Crippen LogP contribution in [-0.4, -0.2) is 46.0 Å². The highest BCUT2D eigenvalue weighted by Gasteiger charge is 2.29. The molecule has 1 amide bonds. The number of likely N-dealkylation sites (N-methyl/N-ethyl adjacent to an activating group) is 1. The molecule has 6 nitrogen and oxygen atoms in total. The van der Waals surface area contributed by atoms with E-state index in [4.69, 9.17) is 4.74 Å². The smallest absolute Gasteiger partial charge is 0.264 e. The van der Waals surface area contributed by atoms with Gasteiger partial charge in [-0.2, -0.15) is 0 Å². The molecule has 0 N–H and O–H groups in total. The van der Waals surface area contributed by atoms with Crippen LogP contribution in [0.2, 0.25) is 0 Å². The molecule has 0 atom stereocenters. The van der Waals surface area contributed by atoms with Crippen molar-refractivity contribution in [3.05, 3.63) is 89.5 Å². The van der Waals surface area contributed by atoms with E-state index in [0.717, 1.165) is 29.7 Å². The summed E-state index contributed by atoms with van der Waals surface area (Å²) < 4.78 is 34.0. The second kappa shape index (κ2) is 9.67. The summed E-state index contributed by atoms with van der Waals surface area (Å²) in [6.07, 6.45) is 1.62. The number of benzene rings is 3. The van der Waals surface area contributed by atoms with Crippen molar-refractivity contribution in [2.24, 2.45) is 0 Å². The number of amides is 1. The van der Waals surface area contributed by atoms with Gasteiger partial charge in [-0.3, -0.25) is 9.10 Å². The summed E-state index contributed by atoms with van der Waals surface area (Å²) in [7, 11) is -2.09. The highest BCUT2D eigenvalue weighted by molar-refractivity contribution is 7.92. The van der Waals surface area contributed by atoms with Gasteiger partial charge in [0.05, 0.1) is 17.1 Å². The van der Waals surface area contributed by atoms with Crippen LogP contribution in [-0.2, 0) is 16.4 Å². The molecular formula is C26H28N2O4S. The van der Waals surface area contributed by atoms with Gasteiger partial charge in [-0.05, 0) is 61.7 Å². The number of anilines is 1. The molecule has 0 bridgehead atoms. The Morgan fingerprint density at radius 3 is 2.58 bits per heavy atom. The molecule has 0 saturated carbocycles.